The predicted octanol–water partition coefficient (Wildman–Crippen LogP) is 2.88. The zero-order valence-corrected chi connectivity index (χ0v) is 12.2. The van der Waals surface area contributed by atoms with E-state index in [0.717, 1.165) is 18.5 Å². The number of hydrogen-bond donors (Lipinski definition) is 1. The average molecular weight is 278 g/mol. The molecule has 2 atom stereocenters. The lowest BCUT2D eigenvalue weighted by Gasteiger charge is -2.32. The number of nitrogens with zero attached hydrogens (tertiary/aromatic N) is 1. The zero-order valence-electron chi connectivity index (χ0n) is 12.2. The molecule has 110 valence electrons. The Morgan fingerprint density at radius 2 is 2.10 bits per heavy atom. The molecule has 0 aliphatic carbocycles. The summed E-state index contributed by atoms with van der Waals surface area (Å²) in [6.45, 7) is 3.00. The van der Waals surface area contributed by atoms with Gasteiger partial charge in [-0.3, -0.25) is 4.79 Å². The molecule has 2 rings (SSSR count). The maximum absolute atomic E-state index is 12.9. The van der Waals surface area contributed by atoms with E-state index in [9.17, 15) is 9.18 Å². The second-order valence-electron chi connectivity index (χ2n) is 5.68. The third-order valence-electron chi connectivity index (χ3n) is 4.09. The summed E-state index contributed by atoms with van der Waals surface area (Å²) in [6, 6.07) is 6.54. The first kappa shape index (κ1) is 15.0. The molecule has 0 bridgehead atoms. The molecule has 0 spiro atoms. The molecule has 0 aromatic heterocycles. The number of hydrogen-bond acceptors (Lipinski definition) is 2. The van der Waals surface area contributed by atoms with E-state index in [2.05, 4.69) is 17.3 Å². The highest BCUT2D eigenvalue weighted by atomic mass is 19.1. The van der Waals surface area contributed by atoms with Gasteiger partial charge in [0.05, 0.1) is 6.04 Å². The van der Waals surface area contributed by atoms with Gasteiger partial charge in [-0.2, -0.15) is 0 Å². The molecule has 20 heavy (non-hydrogen) atoms. The molecular formula is C16H23FN2O. The molecule has 4 heteroatoms. The number of benzene rings is 1. The van der Waals surface area contributed by atoms with E-state index in [0.29, 0.717) is 12.5 Å². The molecule has 1 heterocycles. The van der Waals surface area contributed by atoms with Crippen molar-refractivity contribution in [1.82, 2.24) is 10.2 Å². The molecular weight excluding hydrogens is 255 g/mol. The van der Waals surface area contributed by atoms with E-state index in [-0.39, 0.29) is 17.8 Å². The van der Waals surface area contributed by atoms with Gasteiger partial charge in [0.1, 0.15) is 5.82 Å². The topological polar surface area (TPSA) is 32.3 Å². The fraction of sp³-hybridized carbons (Fsp3) is 0.562. The maximum Gasteiger partial charge on any atom is 0.222 e. The van der Waals surface area contributed by atoms with Crippen LogP contribution >= 0.6 is 0 Å². The molecule has 1 amide bonds. The Morgan fingerprint density at radius 3 is 2.75 bits per heavy atom. The third kappa shape index (κ3) is 4.04. The van der Waals surface area contributed by atoms with Crippen molar-refractivity contribution >= 4 is 5.91 Å². The van der Waals surface area contributed by atoms with Crippen LogP contribution in [0.2, 0.25) is 0 Å². The number of piperidine rings is 1. The van der Waals surface area contributed by atoms with Crippen LogP contribution in [0, 0.1) is 5.82 Å². The van der Waals surface area contributed by atoms with Crippen LogP contribution in [0.5, 0.6) is 0 Å². The number of rotatable bonds is 4. The van der Waals surface area contributed by atoms with Crippen LogP contribution in [0.1, 0.15) is 44.2 Å². The zero-order chi connectivity index (χ0) is 14.5. The molecule has 1 aromatic rings. The quantitative estimate of drug-likeness (QED) is 0.918. The molecule has 0 saturated carbocycles. The van der Waals surface area contributed by atoms with E-state index >= 15 is 0 Å². The number of likely N-dealkylation sites (tertiary alicyclic amines) is 1. The molecule has 1 fully saturated rings. The van der Waals surface area contributed by atoms with E-state index in [1.165, 1.54) is 25.0 Å². The number of carbonyl (C=O) groups excluding carboxylic acids is 1. The first-order valence-corrected chi connectivity index (χ1v) is 7.31. The first-order chi connectivity index (χ1) is 9.56. The second-order valence-corrected chi connectivity index (χ2v) is 5.68. The summed E-state index contributed by atoms with van der Waals surface area (Å²) in [7, 11) is 2.08. The molecule has 1 unspecified atom stereocenters. The first-order valence-electron chi connectivity index (χ1n) is 7.31. The van der Waals surface area contributed by atoms with Gasteiger partial charge in [-0.1, -0.05) is 18.6 Å². The standard InChI is InChI=1S/C16H23FN2O/c1-12(13-6-8-14(17)9-7-13)18-16(20)11-15-5-3-4-10-19(15)2/h6-9,12,15H,3-5,10-11H2,1-2H3,(H,18,20)/t12-,15?/m0/s1. The molecule has 1 N–H and O–H groups in total. The largest absolute Gasteiger partial charge is 0.350 e. The Kier molecular flexibility index (Phi) is 5.12. The van der Waals surface area contributed by atoms with Crippen LogP contribution < -0.4 is 5.32 Å². The van der Waals surface area contributed by atoms with Gasteiger partial charge in [-0.05, 0) is 51.1 Å². The number of halogens is 1. The van der Waals surface area contributed by atoms with E-state index in [4.69, 9.17) is 0 Å². The lowest BCUT2D eigenvalue weighted by Crippen LogP contribution is -2.40. The van der Waals surface area contributed by atoms with E-state index in [1.807, 2.05) is 6.92 Å². The molecule has 1 aromatic carbocycles. The normalized spacial score (nSPS) is 21.4. The Hall–Kier alpha value is -1.42. The van der Waals surface area contributed by atoms with Crippen molar-refractivity contribution in [2.75, 3.05) is 13.6 Å². The SMILES string of the molecule is C[C@H](NC(=O)CC1CCCCN1C)c1ccc(F)cc1. The number of nitrogens with one attached hydrogen (secondary N) is 1. The molecule has 3 nitrogen and oxygen atoms in total. The van der Waals surface area contributed by atoms with E-state index < -0.39 is 0 Å². The fourth-order valence-corrected chi connectivity index (χ4v) is 2.75. The number of carbonyl (C=O) groups is 1. The predicted molar refractivity (Wildman–Crippen MR) is 77.8 cm³/mol. The highest BCUT2D eigenvalue weighted by molar-refractivity contribution is 5.77. The monoisotopic (exact) mass is 278 g/mol. The highest BCUT2D eigenvalue weighted by Crippen LogP contribution is 2.19. The van der Waals surface area contributed by atoms with Gasteiger partial charge in [0.2, 0.25) is 5.91 Å². The van der Waals surface area contributed by atoms with Crippen molar-refractivity contribution in [2.45, 2.75) is 44.7 Å². The fourth-order valence-electron chi connectivity index (χ4n) is 2.75. The third-order valence-corrected chi connectivity index (χ3v) is 4.09. The van der Waals surface area contributed by atoms with Gasteiger partial charge >= 0.3 is 0 Å². The summed E-state index contributed by atoms with van der Waals surface area (Å²) in [5.41, 5.74) is 0.928. The van der Waals surface area contributed by atoms with Gasteiger partial charge < -0.3 is 10.2 Å². The summed E-state index contributed by atoms with van der Waals surface area (Å²) in [4.78, 5) is 14.4. The van der Waals surface area contributed by atoms with Crippen molar-refractivity contribution in [3.8, 4) is 0 Å². The van der Waals surface area contributed by atoms with Crippen molar-refractivity contribution in [1.29, 1.82) is 0 Å². The molecule has 1 aliphatic heterocycles. The minimum Gasteiger partial charge on any atom is -0.350 e. The minimum atomic E-state index is -0.254. The van der Waals surface area contributed by atoms with Crippen LogP contribution in [0.15, 0.2) is 24.3 Å². The Morgan fingerprint density at radius 1 is 1.40 bits per heavy atom. The molecule has 0 radical (unpaired) electrons. The average Bonchev–Trinajstić information content (AvgIpc) is 2.42. The van der Waals surface area contributed by atoms with Crippen LogP contribution in [0.4, 0.5) is 4.39 Å². The van der Waals surface area contributed by atoms with Gasteiger partial charge in [0.15, 0.2) is 0 Å². The smallest absolute Gasteiger partial charge is 0.222 e. The van der Waals surface area contributed by atoms with Crippen LogP contribution in [-0.2, 0) is 4.79 Å². The van der Waals surface area contributed by atoms with Gasteiger partial charge in [-0.15, -0.1) is 0 Å². The summed E-state index contributed by atoms with van der Waals surface area (Å²) >= 11 is 0. The summed E-state index contributed by atoms with van der Waals surface area (Å²) in [5, 5.41) is 3.00. The van der Waals surface area contributed by atoms with Crippen LogP contribution in [-0.4, -0.2) is 30.4 Å². The summed E-state index contributed by atoms with van der Waals surface area (Å²) in [6.07, 6.45) is 4.06. The Labute approximate surface area is 120 Å². The lowest BCUT2D eigenvalue weighted by atomic mass is 9.99. The van der Waals surface area contributed by atoms with Crippen LogP contribution in [0.3, 0.4) is 0 Å². The van der Waals surface area contributed by atoms with Crippen molar-refractivity contribution < 1.29 is 9.18 Å². The van der Waals surface area contributed by atoms with Gasteiger partial charge in [0.25, 0.3) is 0 Å². The summed E-state index contributed by atoms with van der Waals surface area (Å²) < 4.78 is 12.9. The Balaban J connectivity index is 1.85. The minimum absolute atomic E-state index is 0.0700. The summed E-state index contributed by atoms with van der Waals surface area (Å²) in [5.74, 6) is -0.184. The van der Waals surface area contributed by atoms with Crippen LogP contribution in [0.25, 0.3) is 0 Å². The highest BCUT2D eigenvalue weighted by Gasteiger charge is 2.22. The van der Waals surface area contributed by atoms with E-state index in [1.54, 1.807) is 12.1 Å². The van der Waals surface area contributed by atoms with Crippen molar-refractivity contribution in [2.24, 2.45) is 0 Å². The molecule has 1 saturated heterocycles. The number of amides is 1. The lowest BCUT2D eigenvalue weighted by molar-refractivity contribution is -0.123. The van der Waals surface area contributed by atoms with Crippen molar-refractivity contribution in [3.63, 3.8) is 0 Å². The van der Waals surface area contributed by atoms with Gasteiger partial charge in [0, 0.05) is 12.5 Å². The maximum atomic E-state index is 12.9. The second kappa shape index (κ2) is 6.84. The van der Waals surface area contributed by atoms with Crippen molar-refractivity contribution in [3.05, 3.63) is 35.6 Å². The Bertz CT molecular complexity index is 446. The van der Waals surface area contributed by atoms with Gasteiger partial charge in [-0.25, -0.2) is 4.39 Å². The molecule has 1 aliphatic rings.